The lowest BCUT2D eigenvalue weighted by Crippen LogP contribution is -2.42. The Morgan fingerprint density at radius 1 is 0.891 bits per heavy atom. The van der Waals surface area contributed by atoms with Crippen molar-refractivity contribution in [2.75, 3.05) is 26.3 Å². The summed E-state index contributed by atoms with van der Waals surface area (Å²) in [4.78, 5) is 68.4. The number of benzene rings is 3. The van der Waals surface area contributed by atoms with Crippen molar-refractivity contribution >= 4 is 58.1 Å². The Morgan fingerprint density at radius 2 is 1.62 bits per heavy atom. The highest BCUT2D eigenvalue weighted by atomic mass is 35.5. The number of aryl methyl sites for hydroxylation is 2. The van der Waals surface area contributed by atoms with Gasteiger partial charge in [-0.25, -0.2) is 0 Å². The summed E-state index contributed by atoms with van der Waals surface area (Å²) in [6.45, 7) is 6.95. The number of aromatic nitrogens is 3. The predicted molar refractivity (Wildman–Crippen MR) is 204 cm³/mol. The van der Waals surface area contributed by atoms with Crippen molar-refractivity contribution in [2.24, 2.45) is 4.99 Å². The van der Waals surface area contributed by atoms with Gasteiger partial charge in [0.1, 0.15) is 28.4 Å². The first-order valence-electron chi connectivity index (χ1n) is 17.3. The zero-order chi connectivity index (χ0) is 38.8. The van der Waals surface area contributed by atoms with E-state index in [1.165, 1.54) is 18.2 Å². The second-order valence-electron chi connectivity index (χ2n) is 12.7. The summed E-state index contributed by atoms with van der Waals surface area (Å²) < 4.78 is 13.4. The average Bonchev–Trinajstić information content (AvgIpc) is 3.65. The number of carbonyl (C=O) groups excluding carboxylic acids is 5. The Morgan fingerprint density at radius 3 is 2.36 bits per heavy atom. The Hall–Kier alpha value is -6.03. The largest absolute Gasteiger partial charge is 0.457 e. The molecule has 0 bridgehead atoms. The zero-order valence-electron chi connectivity index (χ0n) is 29.9. The smallest absolute Gasteiger partial charge is 0.299 e. The maximum Gasteiger partial charge on any atom is 0.299 e. The van der Waals surface area contributed by atoms with E-state index >= 15 is 0 Å². The van der Waals surface area contributed by atoms with E-state index in [0.29, 0.717) is 28.0 Å². The molecule has 0 saturated heterocycles. The average molecular weight is 780 g/mol. The molecule has 2 aliphatic rings. The van der Waals surface area contributed by atoms with Gasteiger partial charge in [-0.15, -0.1) is 21.5 Å². The Bertz CT molecular complexity index is 2390. The first-order valence-corrected chi connectivity index (χ1v) is 18.5. The molecule has 1 atom stereocenters. The molecule has 2 aliphatic heterocycles. The highest BCUT2D eigenvalue weighted by molar-refractivity contribution is 7.15. The lowest BCUT2D eigenvalue weighted by molar-refractivity contribution is -0.121. The van der Waals surface area contributed by atoms with Crippen LogP contribution in [0.3, 0.4) is 0 Å². The normalized spacial score (nSPS) is 14.6. The zero-order valence-corrected chi connectivity index (χ0v) is 31.5. The van der Waals surface area contributed by atoms with Gasteiger partial charge in [-0.1, -0.05) is 29.8 Å². The topological polar surface area (TPSA) is 183 Å². The van der Waals surface area contributed by atoms with Crippen LogP contribution in [-0.4, -0.2) is 76.2 Å². The van der Waals surface area contributed by atoms with Gasteiger partial charge in [-0.2, -0.15) is 0 Å². The van der Waals surface area contributed by atoms with Gasteiger partial charge < -0.3 is 20.1 Å². The number of Topliss-reactive ketones (excluding diaryl/α,β-unsaturated/α-hetero) is 1. The monoisotopic (exact) mass is 779 g/mol. The summed E-state index contributed by atoms with van der Waals surface area (Å²) in [7, 11) is 0. The number of fused-ring (bicyclic) bond motifs is 4. The predicted octanol–water partition coefficient (Wildman–Crippen LogP) is 5.00. The number of nitrogens with one attached hydrogen (secondary N) is 3. The number of nitrogens with zero attached hydrogens (tertiary/aromatic N) is 4. The maximum absolute atomic E-state index is 13.2. The van der Waals surface area contributed by atoms with Crippen molar-refractivity contribution < 1.29 is 33.4 Å². The van der Waals surface area contributed by atoms with Crippen LogP contribution < -0.4 is 20.7 Å². The summed E-state index contributed by atoms with van der Waals surface area (Å²) in [5.74, 6) is -1.39. The second kappa shape index (κ2) is 15.8. The van der Waals surface area contributed by atoms with Crippen LogP contribution in [0.25, 0.3) is 5.00 Å². The maximum atomic E-state index is 13.2. The van der Waals surface area contributed by atoms with Crippen molar-refractivity contribution in [2.45, 2.75) is 33.2 Å². The van der Waals surface area contributed by atoms with E-state index in [1.807, 2.05) is 41.1 Å². The fourth-order valence-electron chi connectivity index (χ4n) is 6.27. The molecule has 7 rings (SSSR count). The third-order valence-electron chi connectivity index (χ3n) is 9.11. The number of halogens is 1. The van der Waals surface area contributed by atoms with Crippen molar-refractivity contribution in [1.82, 2.24) is 30.7 Å². The molecule has 55 heavy (non-hydrogen) atoms. The lowest BCUT2D eigenvalue weighted by atomic mass is 9.98. The van der Waals surface area contributed by atoms with Gasteiger partial charge in [0.15, 0.2) is 5.82 Å². The number of hydrogen-bond acceptors (Lipinski definition) is 11. The van der Waals surface area contributed by atoms with Crippen LogP contribution in [0.15, 0.2) is 71.7 Å². The van der Waals surface area contributed by atoms with Gasteiger partial charge in [0.25, 0.3) is 23.5 Å². The molecule has 0 radical (unpaired) electrons. The minimum absolute atomic E-state index is 0.0332. The quantitative estimate of drug-likeness (QED) is 0.0892. The molecule has 280 valence electrons. The van der Waals surface area contributed by atoms with Crippen LogP contribution in [0.5, 0.6) is 11.5 Å². The third kappa shape index (κ3) is 7.67. The van der Waals surface area contributed by atoms with Gasteiger partial charge in [0.2, 0.25) is 5.91 Å². The summed E-state index contributed by atoms with van der Waals surface area (Å²) in [6, 6.07) is 17.5. The first-order chi connectivity index (χ1) is 26.5. The van der Waals surface area contributed by atoms with E-state index in [0.717, 1.165) is 32.3 Å². The molecule has 0 fully saturated rings. The number of thiophene rings is 1. The van der Waals surface area contributed by atoms with Gasteiger partial charge in [-0.05, 0) is 74.9 Å². The Kier molecular flexibility index (Phi) is 10.7. The van der Waals surface area contributed by atoms with Gasteiger partial charge in [-0.3, -0.25) is 38.8 Å². The minimum atomic E-state index is -0.992. The molecule has 3 aromatic carbocycles. The molecule has 14 nitrogen and oxygen atoms in total. The number of carbonyl (C=O) groups is 5. The van der Waals surface area contributed by atoms with Crippen LogP contribution in [0, 0.1) is 20.8 Å². The minimum Gasteiger partial charge on any atom is -0.457 e. The van der Waals surface area contributed by atoms with Gasteiger partial charge in [0, 0.05) is 45.2 Å². The molecule has 2 aromatic heterocycles. The highest BCUT2D eigenvalue weighted by Crippen LogP contribution is 2.39. The molecule has 4 amide bonds. The van der Waals surface area contributed by atoms with Crippen LogP contribution in [-0.2, 0) is 14.3 Å². The van der Waals surface area contributed by atoms with E-state index in [-0.39, 0.29) is 61.4 Å². The molecule has 0 spiro atoms. The van der Waals surface area contributed by atoms with Gasteiger partial charge >= 0.3 is 0 Å². The summed E-state index contributed by atoms with van der Waals surface area (Å²) in [5.41, 5.74) is 4.04. The number of amides is 4. The first kappa shape index (κ1) is 37.3. The molecule has 0 saturated carbocycles. The van der Waals surface area contributed by atoms with E-state index in [9.17, 15) is 24.0 Å². The fourth-order valence-corrected chi connectivity index (χ4v) is 7.61. The van der Waals surface area contributed by atoms with Crippen molar-refractivity contribution in [3.05, 3.63) is 122 Å². The second-order valence-corrected chi connectivity index (χ2v) is 14.4. The summed E-state index contributed by atoms with van der Waals surface area (Å²) >= 11 is 7.84. The number of ketones is 1. The standard InChI is InChI=1S/C39H34ClN7O7S/c1-20-21(2)55-39-31(20)33(23-7-11-25(40)12-8-23)43-28(35-46-45-22(3)47(35)39)19-30(48)41-15-17-53-18-16-42-36(50)24-9-13-26(14-10-24)54-29-6-4-5-27-32(29)37(51)44-38(52)34(27)49/h4-14,28H,15-19H2,1-3H3,(H,41,48)(H,42,50)(H,44,51,52)/t28-/m0/s1. The van der Waals surface area contributed by atoms with E-state index in [2.05, 4.69) is 34.7 Å². The van der Waals surface area contributed by atoms with Crippen LogP contribution >= 0.6 is 22.9 Å². The molecule has 4 heterocycles. The highest BCUT2D eigenvalue weighted by Gasteiger charge is 2.34. The van der Waals surface area contributed by atoms with Gasteiger partial charge in [0.05, 0.1) is 30.9 Å². The Balaban J connectivity index is 0.893. The van der Waals surface area contributed by atoms with E-state index in [1.54, 1.807) is 35.6 Å². The molecule has 0 unspecified atom stereocenters. The van der Waals surface area contributed by atoms with Crippen LogP contribution in [0.1, 0.15) is 76.8 Å². The van der Waals surface area contributed by atoms with Crippen molar-refractivity contribution in [1.29, 1.82) is 0 Å². The number of imide groups is 1. The van der Waals surface area contributed by atoms with E-state index < -0.39 is 23.6 Å². The molecule has 0 aliphatic carbocycles. The number of aliphatic imine (C=N–C) groups is 1. The molecular formula is C39H34ClN7O7S. The SMILES string of the molecule is Cc1sc2c(c1C)C(c1ccc(Cl)cc1)=N[C@@H](CC(=O)NCCOCCNC(=O)c1ccc(Oc3cccc4c3C(=O)NC(=O)C4=O)cc1)c1nnc(C)n1-2. The number of hydrogen-bond donors (Lipinski definition) is 3. The number of rotatable bonds is 12. The Labute approximate surface area is 323 Å². The summed E-state index contributed by atoms with van der Waals surface area (Å²) in [5, 5.41) is 18.1. The van der Waals surface area contributed by atoms with Crippen molar-refractivity contribution in [3.8, 4) is 16.5 Å². The van der Waals surface area contributed by atoms with Crippen molar-refractivity contribution in [3.63, 3.8) is 0 Å². The number of ether oxygens (including phenoxy) is 2. The third-order valence-corrected chi connectivity index (χ3v) is 10.6. The molecule has 5 aromatic rings. The fraction of sp³-hybridized carbons (Fsp3) is 0.231. The molecule has 16 heteroatoms. The van der Waals surface area contributed by atoms with Crippen LogP contribution in [0.2, 0.25) is 5.02 Å². The lowest BCUT2D eigenvalue weighted by Gasteiger charge is -2.17. The van der Waals surface area contributed by atoms with Crippen LogP contribution in [0.4, 0.5) is 0 Å². The summed E-state index contributed by atoms with van der Waals surface area (Å²) in [6.07, 6.45) is 0.0473. The molecule has 3 N–H and O–H groups in total. The van der Waals surface area contributed by atoms with E-state index in [4.69, 9.17) is 26.1 Å². The molecular weight excluding hydrogens is 746 g/mol.